The Bertz CT molecular complexity index is 2820. The molecule has 0 atom stereocenters. The fourth-order valence-electron chi connectivity index (χ4n) is 8.00. The monoisotopic (exact) mass is 724 g/mol. The Hall–Kier alpha value is -7.30. The van der Waals surface area contributed by atoms with Crippen LogP contribution in [-0.4, -0.2) is 0 Å². The van der Waals surface area contributed by atoms with Crippen LogP contribution >= 0.6 is 0 Å². The molecule has 0 spiro atoms. The molecule has 0 heterocycles. The zero-order chi connectivity index (χ0) is 37.6. The van der Waals surface area contributed by atoms with Crippen molar-refractivity contribution in [2.75, 3.05) is 9.80 Å². The first-order chi connectivity index (χ1) is 27.6. The molecule has 10 rings (SSSR count). The van der Waals surface area contributed by atoms with E-state index >= 15 is 8.78 Å². The number of halogens is 2. The number of hydrogen-bond acceptors (Lipinski definition) is 2. The highest BCUT2D eigenvalue weighted by Crippen LogP contribution is 2.43. The molecule has 2 nitrogen and oxygen atoms in total. The number of nitrogens with zero attached hydrogens (tertiary/aromatic N) is 2. The highest BCUT2D eigenvalue weighted by atomic mass is 19.1. The first kappa shape index (κ1) is 33.3. The molecule has 0 aliphatic rings. The van der Waals surface area contributed by atoms with Gasteiger partial charge in [0.05, 0.1) is 11.4 Å². The third-order valence-corrected chi connectivity index (χ3v) is 10.7. The van der Waals surface area contributed by atoms with Crippen LogP contribution in [0.3, 0.4) is 0 Å². The number of hydrogen-bond donors (Lipinski definition) is 0. The summed E-state index contributed by atoms with van der Waals surface area (Å²) in [5, 5.41) is 7.01. The van der Waals surface area contributed by atoms with Crippen LogP contribution in [0.1, 0.15) is 0 Å². The Morgan fingerprint density at radius 1 is 0.268 bits per heavy atom. The second-order valence-corrected chi connectivity index (χ2v) is 14.1. The predicted molar refractivity (Wildman–Crippen MR) is 231 cm³/mol. The Kier molecular flexibility index (Phi) is 8.23. The van der Waals surface area contributed by atoms with E-state index in [9.17, 15) is 0 Å². The summed E-state index contributed by atoms with van der Waals surface area (Å²) < 4.78 is 30.1. The summed E-state index contributed by atoms with van der Waals surface area (Å²) in [6.45, 7) is 0. The van der Waals surface area contributed by atoms with Gasteiger partial charge in [0.2, 0.25) is 0 Å². The van der Waals surface area contributed by atoms with E-state index in [4.69, 9.17) is 0 Å². The SMILES string of the molecule is Fc1cccc2cc3cccc(N(c4ccccc4)c4ccc(-c5ccc(N(c6ccccc6)c6cccc7cc8cccc(F)c8cc67)cc5)cc4)c3cc12. The van der Waals surface area contributed by atoms with Gasteiger partial charge in [-0.2, -0.15) is 0 Å². The number of benzene rings is 10. The molecule has 0 bridgehead atoms. The van der Waals surface area contributed by atoms with E-state index in [0.717, 1.165) is 77.6 Å². The average molecular weight is 725 g/mol. The zero-order valence-corrected chi connectivity index (χ0v) is 30.3. The van der Waals surface area contributed by atoms with Crippen molar-refractivity contribution in [1.82, 2.24) is 0 Å². The molecule has 0 aromatic heterocycles. The second kappa shape index (κ2) is 13.8. The van der Waals surface area contributed by atoms with E-state index in [1.54, 1.807) is 12.1 Å². The van der Waals surface area contributed by atoms with Gasteiger partial charge in [-0.1, -0.05) is 109 Å². The van der Waals surface area contributed by atoms with Crippen LogP contribution < -0.4 is 9.80 Å². The topological polar surface area (TPSA) is 6.48 Å². The molecule has 56 heavy (non-hydrogen) atoms. The molecular weight excluding hydrogens is 691 g/mol. The molecule has 0 saturated carbocycles. The van der Waals surface area contributed by atoms with E-state index in [-0.39, 0.29) is 11.6 Å². The van der Waals surface area contributed by atoms with Crippen molar-refractivity contribution in [3.63, 3.8) is 0 Å². The third kappa shape index (κ3) is 5.89. The van der Waals surface area contributed by atoms with Gasteiger partial charge in [-0.05, 0) is 130 Å². The molecule has 0 aliphatic heterocycles. The van der Waals surface area contributed by atoms with Gasteiger partial charge in [0.15, 0.2) is 0 Å². The summed E-state index contributed by atoms with van der Waals surface area (Å²) in [5.74, 6) is -0.456. The normalized spacial score (nSPS) is 11.4. The fourth-order valence-corrected chi connectivity index (χ4v) is 8.00. The largest absolute Gasteiger partial charge is 0.310 e. The lowest BCUT2D eigenvalue weighted by Gasteiger charge is -2.27. The predicted octanol–water partition coefficient (Wildman–Crippen LogP) is 15.2. The molecule has 0 aliphatic carbocycles. The van der Waals surface area contributed by atoms with Crippen molar-refractivity contribution in [3.8, 4) is 11.1 Å². The lowest BCUT2D eigenvalue weighted by molar-refractivity contribution is 0.639. The van der Waals surface area contributed by atoms with E-state index < -0.39 is 0 Å². The summed E-state index contributed by atoms with van der Waals surface area (Å²) in [5.41, 5.74) is 8.12. The quantitative estimate of drug-likeness (QED) is 0.151. The molecule has 0 saturated heterocycles. The highest BCUT2D eigenvalue weighted by molar-refractivity contribution is 6.07. The molecule has 10 aromatic rings. The minimum Gasteiger partial charge on any atom is -0.310 e. The third-order valence-electron chi connectivity index (χ3n) is 10.7. The zero-order valence-electron chi connectivity index (χ0n) is 30.3. The van der Waals surface area contributed by atoms with Crippen molar-refractivity contribution in [3.05, 3.63) is 218 Å². The van der Waals surface area contributed by atoms with Gasteiger partial charge in [0.1, 0.15) is 11.6 Å². The first-order valence-electron chi connectivity index (χ1n) is 18.7. The minimum absolute atomic E-state index is 0.228. The maximum atomic E-state index is 15.0. The van der Waals surface area contributed by atoms with Crippen molar-refractivity contribution in [1.29, 1.82) is 0 Å². The maximum Gasteiger partial charge on any atom is 0.131 e. The van der Waals surface area contributed by atoms with Crippen LogP contribution in [0.15, 0.2) is 206 Å². The van der Waals surface area contributed by atoms with E-state index in [0.29, 0.717) is 10.8 Å². The van der Waals surface area contributed by atoms with Gasteiger partial charge < -0.3 is 9.80 Å². The number of para-hydroxylation sites is 2. The molecule has 0 fully saturated rings. The molecule has 10 aromatic carbocycles. The van der Waals surface area contributed by atoms with Crippen LogP contribution in [0.2, 0.25) is 0 Å². The van der Waals surface area contributed by atoms with Crippen LogP contribution in [0.4, 0.5) is 42.9 Å². The van der Waals surface area contributed by atoms with Gasteiger partial charge in [0, 0.05) is 44.3 Å². The highest BCUT2D eigenvalue weighted by Gasteiger charge is 2.19. The van der Waals surface area contributed by atoms with E-state index in [2.05, 4.69) is 131 Å². The Labute approximate surface area is 323 Å². The van der Waals surface area contributed by atoms with Crippen molar-refractivity contribution < 1.29 is 8.78 Å². The maximum absolute atomic E-state index is 15.0. The van der Waals surface area contributed by atoms with Gasteiger partial charge in [-0.25, -0.2) is 8.78 Å². The summed E-state index contributed by atoms with van der Waals surface area (Å²) in [7, 11) is 0. The average Bonchev–Trinajstić information content (AvgIpc) is 3.24. The van der Waals surface area contributed by atoms with Crippen molar-refractivity contribution in [2.45, 2.75) is 0 Å². The molecule has 266 valence electrons. The molecule has 0 N–H and O–H groups in total. The smallest absolute Gasteiger partial charge is 0.131 e. The van der Waals surface area contributed by atoms with Gasteiger partial charge in [-0.15, -0.1) is 0 Å². The standard InChI is InChI=1S/C52H34F2N2/c53-49-19-7-11-37-31-39-13-9-21-51(47(39)33-45(37)49)55(41-15-3-1-4-16-41)43-27-23-35(24-28-43)36-25-29-44(30-26-36)56(42-17-5-2-6-18-42)52-22-10-14-40-32-38-12-8-20-50(54)46(38)34-48(40)52/h1-34H. The number of fused-ring (bicyclic) bond motifs is 4. The van der Waals surface area contributed by atoms with Gasteiger partial charge >= 0.3 is 0 Å². The Morgan fingerprint density at radius 2 is 0.607 bits per heavy atom. The molecule has 0 radical (unpaired) electrons. The Balaban J connectivity index is 1.03. The number of anilines is 6. The fraction of sp³-hybridized carbons (Fsp3) is 0. The summed E-state index contributed by atoms with van der Waals surface area (Å²) in [4.78, 5) is 4.47. The first-order valence-corrected chi connectivity index (χ1v) is 18.7. The summed E-state index contributed by atoms with van der Waals surface area (Å²) >= 11 is 0. The van der Waals surface area contributed by atoms with Crippen molar-refractivity contribution >= 4 is 77.2 Å². The Morgan fingerprint density at radius 3 is 1.00 bits per heavy atom. The summed E-state index contributed by atoms with van der Waals surface area (Å²) in [6.07, 6.45) is 0. The second-order valence-electron chi connectivity index (χ2n) is 14.1. The van der Waals surface area contributed by atoms with E-state index in [1.807, 2.05) is 60.7 Å². The molecular formula is C52H34F2N2. The molecule has 4 heteroatoms. The van der Waals surface area contributed by atoms with Crippen LogP contribution in [0.25, 0.3) is 54.2 Å². The van der Waals surface area contributed by atoms with Crippen LogP contribution in [-0.2, 0) is 0 Å². The molecule has 0 unspecified atom stereocenters. The van der Waals surface area contributed by atoms with Gasteiger partial charge in [-0.3, -0.25) is 0 Å². The van der Waals surface area contributed by atoms with Crippen LogP contribution in [0.5, 0.6) is 0 Å². The van der Waals surface area contributed by atoms with E-state index in [1.165, 1.54) is 12.1 Å². The lowest BCUT2D eigenvalue weighted by atomic mass is 10.00. The van der Waals surface area contributed by atoms with Crippen molar-refractivity contribution in [2.24, 2.45) is 0 Å². The van der Waals surface area contributed by atoms with Crippen LogP contribution in [0, 0.1) is 11.6 Å². The summed E-state index contributed by atoms with van der Waals surface area (Å²) in [6, 6.07) is 68.8. The lowest BCUT2D eigenvalue weighted by Crippen LogP contribution is -2.10. The molecule has 0 amide bonds. The minimum atomic E-state index is -0.228. The van der Waals surface area contributed by atoms with Gasteiger partial charge in [0.25, 0.3) is 0 Å². The number of rotatable bonds is 7.